The average molecular weight is 255 g/mol. The van der Waals surface area contributed by atoms with Crippen LogP contribution in [0.2, 0.25) is 0 Å². The molecular weight excluding hydrogens is 230 g/mol. The van der Waals surface area contributed by atoms with Crippen LogP contribution in [0.4, 0.5) is 0 Å². The summed E-state index contributed by atoms with van der Waals surface area (Å²) < 4.78 is 12.5. The molecule has 0 spiro atoms. The summed E-state index contributed by atoms with van der Waals surface area (Å²) in [4.78, 5) is 0. The molecule has 0 saturated carbocycles. The fourth-order valence-corrected chi connectivity index (χ4v) is 1.95. The molecule has 0 aliphatic heterocycles. The van der Waals surface area contributed by atoms with Crippen LogP contribution in [0.5, 0.6) is 5.75 Å². The zero-order valence-electron chi connectivity index (χ0n) is 12.0. The molecule has 1 aromatic heterocycles. The lowest BCUT2D eigenvalue weighted by atomic mass is 10.1. The Bertz CT molecular complexity index is 363. The molecule has 0 aliphatic rings. The maximum absolute atomic E-state index is 6.26. The predicted octanol–water partition coefficient (Wildman–Crippen LogP) is 2.29. The van der Waals surface area contributed by atoms with E-state index in [1.54, 1.807) is 20.4 Å². The molecule has 0 fully saturated rings. The Kier molecular flexibility index (Phi) is 5.62. The van der Waals surface area contributed by atoms with Crippen molar-refractivity contribution in [3.05, 3.63) is 11.9 Å². The number of aromatic nitrogens is 2. The number of hydrogen-bond acceptors (Lipinski definition) is 4. The molecule has 2 unspecified atom stereocenters. The zero-order valence-corrected chi connectivity index (χ0v) is 12.0. The highest BCUT2D eigenvalue weighted by atomic mass is 16.5. The minimum absolute atomic E-state index is 0.0811. The second kappa shape index (κ2) is 6.75. The van der Waals surface area contributed by atoms with E-state index >= 15 is 0 Å². The summed E-state index contributed by atoms with van der Waals surface area (Å²) in [6, 6.07) is 0.192. The number of ether oxygens (including phenoxy) is 2. The molecule has 2 atom stereocenters. The highest BCUT2D eigenvalue weighted by molar-refractivity contribution is 5.28. The van der Waals surface area contributed by atoms with Crippen LogP contribution in [0.3, 0.4) is 0 Å². The molecule has 1 rings (SSSR count). The second-order valence-electron chi connectivity index (χ2n) is 4.87. The topological polar surface area (TPSA) is 62.3 Å². The molecule has 0 radical (unpaired) electrons. The second-order valence-corrected chi connectivity index (χ2v) is 4.87. The highest BCUT2D eigenvalue weighted by Gasteiger charge is 2.20. The minimum atomic E-state index is -0.0811. The van der Waals surface area contributed by atoms with Crippen molar-refractivity contribution in [2.45, 2.75) is 51.8 Å². The monoisotopic (exact) mass is 255 g/mol. The van der Waals surface area contributed by atoms with Crippen LogP contribution in [-0.2, 0) is 4.74 Å². The smallest absolute Gasteiger partial charge is 0.161 e. The molecular formula is C13H25N3O2. The third kappa shape index (κ3) is 3.46. The predicted molar refractivity (Wildman–Crippen MR) is 71.8 cm³/mol. The first-order valence-electron chi connectivity index (χ1n) is 6.41. The van der Waals surface area contributed by atoms with E-state index in [1.807, 2.05) is 11.6 Å². The molecule has 2 N–H and O–H groups in total. The SMILES string of the molecule is COc1cnn(C(C)C)c1C(N)CCC(C)OC. The molecule has 0 aromatic carbocycles. The number of hydrogen-bond donors (Lipinski definition) is 1. The summed E-state index contributed by atoms with van der Waals surface area (Å²) >= 11 is 0. The normalized spacial score (nSPS) is 14.8. The summed E-state index contributed by atoms with van der Waals surface area (Å²) in [5, 5.41) is 4.34. The largest absolute Gasteiger partial charge is 0.493 e. The lowest BCUT2D eigenvalue weighted by molar-refractivity contribution is 0.107. The number of methoxy groups -OCH3 is 2. The molecule has 18 heavy (non-hydrogen) atoms. The molecule has 0 bridgehead atoms. The van der Waals surface area contributed by atoms with Crippen molar-refractivity contribution >= 4 is 0 Å². The fourth-order valence-electron chi connectivity index (χ4n) is 1.95. The highest BCUT2D eigenvalue weighted by Crippen LogP contribution is 2.29. The van der Waals surface area contributed by atoms with Gasteiger partial charge in [0.15, 0.2) is 5.75 Å². The summed E-state index contributed by atoms with van der Waals surface area (Å²) in [5.74, 6) is 0.765. The van der Waals surface area contributed by atoms with Gasteiger partial charge in [0.1, 0.15) is 0 Å². The van der Waals surface area contributed by atoms with Gasteiger partial charge in [0.05, 0.1) is 31.1 Å². The average Bonchev–Trinajstić information content (AvgIpc) is 2.79. The van der Waals surface area contributed by atoms with Crippen LogP contribution in [0, 0.1) is 0 Å². The van der Waals surface area contributed by atoms with Crippen molar-refractivity contribution in [1.82, 2.24) is 9.78 Å². The first-order chi connectivity index (χ1) is 8.51. The fraction of sp³-hybridized carbons (Fsp3) is 0.769. The Labute approximate surface area is 109 Å². The van der Waals surface area contributed by atoms with Gasteiger partial charge < -0.3 is 15.2 Å². The van der Waals surface area contributed by atoms with E-state index in [9.17, 15) is 0 Å². The standard InChI is InChI=1S/C13H25N3O2/c1-9(2)16-13(12(18-5)8-15-16)11(14)7-6-10(3)17-4/h8-11H,6-7,14H2,1-5H3. The van der Waals surface area contributed by atoms with Crippen LogP contribution in [0.15, 0.2) is 6.20 Å². The molecule has 5 nitrogen and oxygen atoms in total. The Hall–Kier alpha value is -1.07. The van der Waals surface area contributed by atoms with Crippen molar-refractivity contribution in [1.29, 1.82) is 0 Å². The van der Waals surface area contributed by atoms with E-state index in [2.05, 4.69) is 18.9 Å². The van der Waals surface area contributed by atoms with Crippen molar-refractivity contribution in [2.24, 2.45) is 5.73 Å². The van der Waals surface area contributed by atoms with E-state index in [-0.39, 0.29) is 18.2 Å². The molecule has 0 amide bonds. The van der Waals surface area contributed by atoms with Gasteiger partial charge in [-0.1, -0.05) is 0 Å². The van der Waals surface area contributed by atoms with Gasteiger partial charge in [-0.3, -0.25) is 4.68 Å². The third-order valence-corrected chi connectivity index (χ3v) is 3.15. The molecule has 104 valence electrons. The lowest BCUT2D eigenvalue weighted by Gasteiger charge is -2.19. The Morgan fingerprint density at radius 2 is 1.94 bits per heavy atom. The van der Waals surface area contributed by atoms with Gasteiger partial charge in [0.2, 0.25) is 0 Å². The van der Waals surface area contributed by atoms with Gasteiger partial charge >= 0.3 is 0 Å². The molecule has 5 heteroatoms. The van der Waals surface area contributed by atoms with Crippen molar-refractivity contribution in [3.8, 4) is 5.75 Å². The number of nitrogens with zero attached hydrogens (tertiary/aromatic N) is 2. The summed E-state index contributed by atoms with van der Waals surface area (Å²) in [5.41, 5.74) is 7.23. The van der Waals surface area contributed by atoms with E-state index in [0.29, 0.717) is 0 Å². The Morgan fingerprint density at radius 3 is 2.44 bits per heavy atom. The van der Waals surface area contributed by atoms with Crippen LogP contribution in [-0.4, -0.2) is 30.1 Å². The van der Waals surface area contributed by atoms with Crippen molar-refractivity contribution in [2.75, 3.05) is 14.2 Å². The number of nitrogens with two attached hydrogens (primary N) is 1. The molecule has 0 aliphatic carbocycles. The Morgan fingerprint density at radius 1 is 1.28 bits per heavy atom. The molecule has 1 aromatic rings. The van der Waals surface area contributed by atoms with Gasteiger partial charge in [-0.05, 0) is 33.6 Å². The maximum Gasteiger partial charge on any atom is 0.161 e. The third-order valence-electron chi connectivity index (χ3n) is 3.15. The lowest BCUT2D eigenvalue weighted by Crippen LogP contribution is -2.20. The Balaban J connectivity index is 2.82. The molecule has 0 saturated heterocycles. The summed E-state index contributed by atoms with van der Waals surface area (Å²) in [6.07, 6.45) is 3.72. The van der Waals surface area contributed by atoms with E-state index in [0.717, 1.165) is 24.3 Å². The van der Waals surface area contributed by atoms with E-state index in [1.165, 1.54) is 0 Å². The van der Waals surface area contributed by atoms with E-state index in [4.69, 9.17) is 15.2 Å². The molecule has 1 heterocycles. The van der Waals surface area contributed by atoms with Crippen molar-refractivity contribution in [3.63, 3.8) is 0 Å². The number of rotatable bonds is 7. The minimum Gasteiger partial charge on any atom is -0.493 e. The van der Waals surface area contributed by atoms with Gasteiger partial charge in [-0.25, -0.2) is 0 Å². The van der Waals surface area contributed by atoms with Gasteiger partial charge in [-0.15, -0.1) is 0 Å². The zero-order chi connectivity index (χ0) is 13.7. The van der Waals surface area contributed by atoms with E-state index < -0.39 is 0 Å². The van der Waals surface area contributed by atoms with Crippen molar-refractivity contribution < 1.29 is 9.47 Å². The summed E-state index contributed by atoms with van der Waals surface area (Å²) in [6.45, 7) is 6.21. The summed E-state index contributed by atoms with van der Waals surface area (Å²) in [7, 11) is 3.37. The van der Waals surface area contributed by atoms with Crippen LogP contribution >= 0.6 is 0 Å². The quantitative estimate of drug-likeness (QED) is 0.812. The van der Waals surface area contributed by atoms with Gasteiger partial charge in [-0.2, -0.15) is 5.10 Å². The van der Waals surface area contributed by atoms with Crippen LogP contribution in [0.1, 0.15) is 51.4 Å². The van der Waals surface area contributed by atoms with Gasteiger partial charge in [0.25, 0.3) is 0 Å². The first kappa shape index (κ1) is 15.0. The first-order valence-corrected chi connectivity index (χ1v) is 6.41. The van der Waals surface area contributed by atoms with Crippen LogP contribution in [0.25, 0.3) is 0 Å². The van der Waals surface area contributed by atoms with Crippen LogP contribution < -0.4 is 10.5 Å². The maximum atomic E-state index is 6.26. The van der Waals surface area contributed by atoms with Gasteiger partial charge in [0, 0.05) is 13.2 Å².